The number of likely N-dealkylation sites (tertiary alicyclic amines) is 1. The smallest absolute Gasteiger partial charge is 0.209 e. The lowest BCUT2D eigenvalue weighted by Crippen LogP contribution is -2.41. The number of nitrogens with one attached hydrogen (secondary N) is 1. The molecule has 1 saturated heterocycles. The van der Waals surface area contributed by atoms with Gasteiger partial charge in [-0.1, -0.05) is 24.3 Å². The molecule has 2 heterocycles. The fourth-order valence-corrected chi connectivity index (χ4v) is 5.22. The van der Waals surface area contributed by atoms with Gasteiger partial charge in [0.25, 0.3) is 0 Å². The minimum Gasteiger partial charge on any atom is -0.468 e. The van der Waals surface area contributed by atoms with E-state index in [1.165, 1.54) is 11.8 Å². The van der Waals surface area contributed by atoms with Gasteiger partial charge in [-0.05, 0) is 61.0 Å². The van der Waals surface area contributed by atoms with Gasteiger partial charge in [-0.2, -0.15) is 0 Å². The number of benzene rings is 1. The first kappa shape index (κ1) is 16.8. The summed E-state index contributed by atoms with van der Waals surface area (Å²) in [5.41, 5.74) is 2.56. The number of fused-ring (bicyclic) bond motifs is 2. The van der Waals surface area contributed by atoms with Crippen molar-refractivity contribution in [2.75, 3.05) is 19.3 Å². The molecule has 2 aliphatic rings. The zero-order valence-corrected chi connectivity index (χ0v) is 15.3. The Morgan fingerprint density at radius 2 is 1.96 bits per heavy atom. The van der Waals surface area contributed by atoms with Gasteiger partial charge in [0.15, 0.2) is 0 Å². The lowest BCUT2D eigenvalue weighted by atomic mass is 9.73. The van der Waals surface area contributed by atoms with Crippen LogP contribution in [0.3, 0.4) is 0 Å². The molecular formula is C19H24N2O3S. The molecule has 0 saturated carbocycles. The molecule has 5 nitrogen and oxygen atoms in total. The zero-order chi connectivity index (χ0) is 17.5. The van der Waals surface area contributed by atoms with Gasteiger partial charge in [0, 0.05) is 6.04 Å². The molecule has 2 aromatic rings. The van der Waals surface area contributed by atoms with Gasteiger partial charge < -0.3 is 4.42 Å². The third-order valence-electron chi connectivity index (χ3n) is 5.63. The molecule has 6 heteroatoms. The van der Waals surface area contributed by atoms with Crippen LogP contribution >= 0.6 is 0 Å². The molecule has 1 N–H and O–H groups in total. The summed E-state index contributed by atoms with van der Waals surface area (Å²) in [4.78, 5) is 2.42. The van der Waals surface area contributed by atoms with E-state index < -0.39 is 10.0 Å². The third kappa shape index (κ3) is 3.38. The second kappa shape index (κ2) is 6.27. The van der Waals surface area contributed by atoms with E-state index in [0.29, 0.717) is 0 Å². The van der Waals surface area contributed by atoms with E-state index in [1.54, 1.807) is 6.26 Å². The quantitative estimate of drug-likeness (QED) is 0.911. The molecule has 4 rings (SSSR count). The van der Waals surface area contributed by atoms with E-state index in [2.05, 4.69) is 27.8 Å². The second-order valence-electron chi connectivity index (χ2n) is 7.37. The first-order chi connectivity index (χ1) is 12.0. The first-order valence-corrected chi connectivity index (χ1v) is 10.7. The predicted molar refractivity (Wildman–Crippen MR) is 96.7 cm³/mol. The van der Waals surface area contributed by atoms with Gasteiger partial charge in [0.2, 0.25) is 10.0 Å². The Morgan fingerprint density at radius 1 is 1.20 bits per heavy atom. The maximum Gasteiger partial charge on any atom is 0.209 e. The Bertz CT molecular complexity index is 837. The third-order valence-corrected chi connectivity index (χ3v) is 6.34. The Balaban J connectivity index is 1.53. The summed E-state index contributed by atoms with van der Waals surface area (Å²) in [5.74, 6) is 0.999. The minimum absolute atomic E-state index is 0.0820. The Morgan fingerprint density at radius 3 is 2.64 bits per heavy atom. The number of furan rings is 1. The van der Waals surface area contributed by atoms with Gasteiger partial charge >= 0.3 is 0 Å². The van der Waals surface area contributed by atoms with E-state index in [0.717, 1.165) is 50.2 Å². The standard InChI is InChI=1S/C19H24N2O3S/c1-25(22,23)20-18-13-19(17-7-3-2-6-16(17)18)8-10-21(11-9-19)14-15-5-4-12-24-15/h2-7,12,18,20H,8-11,13-14H2,1H3. The van der Waals surface area contributed by atoms with Crippen molar-refractivity contribution in [1.82, 2.24) is 9.62 Å². The van der Waals surface area contributed by atoms with Crippen LogP contribution in [0.5, 0.6) is 0 Å². The number of hydrogen-bond donors (Lipinski definition) is 1. The highest BCUT2D eigenvalue weighted by Gasteiger charge is 2.45. The molecule has 1 aliphatic heterocycles. The Kier molecular flexibility index (Phi) is 4.22. The summed E-state index contributed by atoms with van der Waals surface area (Å²) < 4.78 is 31.8. The fraction of sp³-hybridized carbons (Fsp3) is 0.474. The number of sulfonamides is 1. The molecule has 1 aliphatic carbocycles. The van der Waals surface area contributed by atoms with Crippen LogP contribution in [0.15, 0.2) is 47.1 Å². The zero-order valence-electron chi connectivity index (χ0n) is 14.4. The molecule has 134 valence electrons. The summed E-state index contributed by atoms with van der Waals surface area (Å²) in [6.07, 6.45) is 5.91. The largest absolute Gasteiger partial charge is 0.468 e. The highest BCUT2D eigenvalue weighted by atomic mass is 32.2. The average Bonchev–Trinajstić information content (AvgIpc) is 3.17. The van der Waals surface area contributed by atoms with Gasteiger partial charge in [-0.15, -0.1) is 0 Å². The maximum absolute atomic E-state index is 11.8. The van der Waals surface area contributed by atoms with Gasteiger partial charge in [0.1, 0.15) is 5.76 Å². The van der Waals surface area contributed by atoms with Crippen LogP contribution < -0.4 is 4.72 Å². The molecule has 1 spiro atoms. The molecule has 1 atom stereocenters. The van der Waals surface area contributed by atoms with Crippen LogP contribution in [0.1, 0.15) is 42.2 Å². The fourth-order valence-electron chi connectivity index (χ4n) is 4.49. The van der Waals surface area contributed by atoms with Crippen molar-refractivity contribution in [1.29, 1.82) is 0 Å². The first-order valence-electron chi connectivity index (χ1n) is 8.77. The van der Waals surface area contributed by atoms with Crippen LogP contribution in [0.4, 0.5) is 0 Å². The highest BCUT2D eigenvalue weighted by Crippen LogP contribution is 2.50. The molecule has 0 bridgehead atoms. The van der Waals surface area contributed by atoms with E-state index in [4.69, 9.17) is 4.42 Å². The Hall–Kier alpha value is -1.63. The summed E-state index contributed by atoms with van der Waals surface area (Å²) in [6.45, 7) is 2.84. The van der Waals surface area contributed by atoms with E-state index in [9.17, 15) is 8.42 Å². The van der Waals surface area contributed by atoms with Crippen LogP contribution in [0.25, 0.3) is 0 Å². The molecule has 1 fully saturated rings. The molecule has 0 amide bonds. The number of hydrogen-bond acceptors (Lipinski definition) is 4. The van der Waals surface area contributed by atoms with Crippen molar-refractivity contribution in [2.24, 2.45) is 0 Å². The van der Waals surface area contributed by atoms with E-state index in [-0.39, 0.29) is 11.5 Å². The van der Waals surface area contributed by atoms with Gasteiger partial charge in [0.05, 0.1) is 19.1 Å². The normalized spacial score (nSPS) is 23.0. The highest BCUT2D eigenvalue weighted by molar-refractivity contribution is 7.88. The number of nitrogens with zero attached hydrogens (tertiary/aromatic N) is 1. The number of piperidine rings is 1. The SMILES string of the molecule is CS(=O)(=O)NC1CC2(CCN(Cc3ccco3)CC2)c2ccccc21. The number of rotatable bonds is 4. The molecule has 1 aromatic heterocycles. The van der Waals surface area contributed by atoms with Crippen LogP contribution in [-0.4, -0.2) is 32.7 Å². The Labute approximate surface area is 149 Å². The van der Waals surface area contributed by atoms with Crippen LogP contribution in [0.2, 0.25) is 0 Å². The van der Waals surface area contributed by atoms with E-state index >= 15 is 0 Å². The molecular weight excluding hydrogens is 336 g/mol. The summed E-state index contributed by atoms with van der Waals surface area (Å²) in [6, 6.07) is 12.2. The minimum atomic E-state index is -3.22. The lowest BCUT2D eigenvalue weighted by Gasteiger charge is -2.40. The van der Waals surface area contributed by atoms with E-state index in [1.807, 2.05) is 18.2 Å². The maximum atomic E-state index is 11.8. The lowest BCUT2D eigenvalue weighted by molar-refractivity contribution is 0.140. The molecule has 1 unspecified atom stereocenters. The van der Waals surface area contributed by atoms with Crippen molar-refractivity contribution < 1.29 is 12.8 Å². The van der Waals surface area contributed by atoms with Crippen molar-refractivity contribution in [3.05, 3.63) is 59.5 Å². The van der Waals surface area contributed by atoms with Crippen molar-refractivity contribution in [3.8, 4) is 0 Å². The van der Waals surface area contributed by atoms with Gasteiger partial charge in [-0.25, -0.2) is 13.1 Å². The molecule has 0 radical (unpaired) electrons. The van der Waals surface area contributed by atoms with Crippen LogP contribution in [-0.2, 0) is 22.0 Å². The summed E-state index contributed by atoms with van der Waals surface area (Å²) in [7, 11) is -3.22. The monoisotopic (exact) mass is 360 g/mol. The van der Waals surface area contributed by atoms with Crippen molar-refractivity contribution in [2.45, 2.75) is 37.3 Å². The predicted octanol–water partition coefficient (Wildman–Crippen LogP) is 2.81. The summed E-state index contributed by atoms with van der Waals surface area (Å²) in [5, 5.41) is 0. The van der Waals surface area contributed by atoms with Crippen molar-refractivity contribution >= 4 is 10.0 Å². The van der Waals surface area contributed by atoms with Crippen LogP contribution in [0, 0.1) is 0 Å². The summed E-state index contributed by atoms with van der Waals surface area (Å²) >= 11 is 0. The van der Waals surface area contributed by atoms with Crippen molar-refractivity contribution in [3.63, 3.8) is 0 Å². The van der Waals surface area contributed by atoms with Gasteiger partial charge in [-0.3, -0.25) is 4.90 Å². The molecule has 1 aromatic carbocycles. The second-order valence-corrected chi connectivity index (χ2v) is 9.15. The molecule has 25 heavy (non-hydrogen) atoms. The topological polar surface area (TPSA) is 62.6 Å². The average molecular weight is 360 g/mol.